The molecule has 21 heavy (non-hydrogen) atoms. The number of morpholine rings is 1. The molecule has 1 aromatic rings. The molecule has 2 fully saturated rings. The summed E-state index contributed by atoms with van der Waals surface area (Å²) in [4.78, 5) is 1.14. The average Bonchev–Trinajstić information content (AvgIpc) is 3.10. The van der Waals surface area contributed by atoms with Gasteiger partial charge in [-0.1, -0.05) is 6.07 Å². The standard InChI is InChI=1S/C14H22N2O3S2/c1-11-10-19-12(2)9-16(11)21(17,18)15-7-3-5-13(15)14-6-4-8-20-14/h4,6,8,11-13H,3,5,7,9-10H2,1-2H3/t11-,12-,13-/m1/s1. The summed E-state index contributed by atoms with van der Waals surface area (Å²) < 4.78 is 35.0. The summed E-state index contributed by atoms with van der Waals surface area (Å²) in [7, 11) is -3.43. The molecule has 3 heterocycles. The van der Waals surface area contributed by atoms with Crippen LogP contribution in [0.5, 0.6) is 0 Å². The fourth-order valence-electron chi connectivity index (χ4n) is 3.11. The summed E-state index contributed by atoms with van der Waals surface area (Å²) in [6.45, 7) is 5.37. The Labute approximate surface area is 130 Å². The van der Waals surface area contributed by atoms with Gasteiger partial charge in [-0.05, 0) is 38.1 Å². The van der Waals surface area contributed by atoms with Crippen LogP contribution in [0.3, 0.4) is 0 Å². The number of thiophene rings is 1. The molecule has 0 aromatic carbocycles. The summed E-state index contributed by atoms with van der Waals surface area (Å²) in [5.41, 5.74) is 0. The molecule has 2 aliphatic heterocycles. The van der Waals surface area contributed by atoms with Crippen molar-refractivity contribution in [2.24, 2.45) is 0 Å². The molecular formula is C14H22N2O3S2. The number of hydrogen-bond acceptors (Lipinski definition) is 4. The van der Waals surface area contributed by atoms with Crippen molar-refractivity contribution < 1.29 is 13.2 Å². The van der Waals surface area contributed by atoms with Crippen LogP contribution in [0, 0.1) is 0 Å². The lowest BCUT2D eigenvalue weighted by Crippen LogP contribution is -2.54. The largest absolute Gasteiger partial charge is 0.375 e. The zero-order valence-corrected chi connectivity index (χ0v) is 14.1. The molecule has 2 saturated heterocycles. The topological polar surface area (TPSA) is 49.9 Å². The van der Waals surface area contributed by atoms with Crippen LogP contribution >= 0.6 is 11.3 Å². The lowest BCUT2D eigenvalue weighted by atomic mass is 10.2. The summed E-state index contributed by atoms with van der Waals surface area (Å²) in [6.07, 6.45) is 1.79. The third-order valence-electron chi connectivity index (χ3n) is 4.22. The van der Waals surface area contributed by atoms with Crippen LogP contribution in [0.4, 0.5) is 0 Å². The minimum absolute atomic E-state index is 0.000325. The summed E-state index contributed by atoms with van der Waals surface area (Å²) in [6, 6.07) is 3.92. The van der Waals surface area contributed by atoms with Gasteiger partial charge in [-0.3, -0.25) is 0 Å². The molecule has 0 N–H and O–H groups in total. The molecule has 118 valence electrons. The predicted octanol–water partition coefficient (Wildman–Crippen LogP) is 2.24. The van der Waals surface area contributed by atoms with E-state index in [-0.39, 0.29) is 18.2 Å². The second-order valence-electron chi connectivity index (χ2n) is 5.85. The van der Waals surface area contributed by atoms with Gasteiger partial charge in [0.1, 0.15) is 0 Å². The third kappa shape index (κ3) is 2.90. The van der Waals surface area contributed by atoms with Crippen LogP contribution in [0.25, 0.3) is 0 Å². The van der Waals surface area contributed by atoms with Gasteiger partial charge in [-0.25, -0.2) is 0 Å². The summed E-state index contributed by atoms with van der Waals surface area (Å²) in [5, 5.41) is 2.01. The van der Waals surface area contributed by atoms with E-state index in [1.54, 1.807) is 19.9 Å². The smallest absolute Gasteiger partial charge is 0.282 e. The highest BCUT2D eigenvalue weighted by Gasteiger charge is 2.42. The first-order valence-electron chi connectivity index (χ1n) is 7.44. The lowest BCUT2D eigenvalue weighted by Gasteiger charge is -2.39. The first-order chi connectivity index (χ1) is 10.00. The van der Waals surface area contributed by atoms with Crippen LogP contribution in [-0.2, 0) is 14.9 Å². The maximum Gasteiger partial charge on any atom is 0.282 e. The van der Waals surface area contributed by atoms with Crippen molar-refractivity contribution in [1.82, 2.24) is 8.61 Å². The maximum atomic E-state index is 13.1. The molecule has 1 aromatic heterocycles. The van der Waals surface area contributed by atoms with Gasteiger partial charge in [0, 0.05) is 24.0 Å². The molecule has 0 saturated carbocycles. The van der Waals surface area contributed by atoms with Crippen molar-refractivity contribution in [2.45, 2.75) is 44.9 Å². The van der Waals surface area contributed by atoms with Gasteiger partial charge in [-0.15, -0.1) is 11.3 Å². The summed E-state index contributed by atoms with van der Waals surface area (Å²) >= 11 is 1.64. The highest BCUT2D eigenvalue weighted by molar-refractivity contribution is 7.86. The van der Waals surface area contributed by atoms with E-state index >= 15 is 0 Å². The normalized spacial score (nSPS) is 32.6. The summed E-state index contributed by atoms with van der Waals surface area (Å²) in [5.74, 6) is 0. The second-order valence-corrected chi connectivity index (χ2v) is 8.67. The molecular weight excluding hydrogens is 308 g/mol. The van der Waals surface area contributed by atoms with Crippen molar-refractivity contribution in [3.05, 3.63) is 22.4 Å². The van der Waals surface area contributed by atoms with Crippen molar-refractivity contribution in [3.8, 4) is 0 Å². The van der Waals surface area contributed by atoms with E-state index in [0.29, 0.717) is 19.7 Å². The van der Waals surface area contributed by atoms with Crippen LogP contribution < -0.4 is 0 Å². The number of ether oxygens (including phenoxy) is 1. The Morgan fingerprint density at radius 2 is 2.14 bits per heavy atom. The molecule has 0 bridgehead atoms. The van der Waals surface area contributed by atoms with Gasteiger partial charge >= 0.3 is 0 Å². The molecule has 3 rings (SSSR count). The second kappa shape index (κ2) is 5.96. The molecule has 0 aliphatic carbocycles. The molecule has 5 nitrogen and oxygen atoms in total. The SMILES string of the molecule is C[C@@H]1CN(S(=O)(=O)N2CCC[C@@H]2c2cccs2)[C@H](C)CO1. The monoisotopic (exact) mass is 330 g/mol. The Morgan fingerprint density at radius 3 is 2.86 bits per heavy atom. The molecule has 7 heteroatoms. The zero-order chi connectivity index (χ0) is 15.0. The minimum Gasteiger partial charge on any atom is -0.375 e. The Kier molecular flexibility index (Phi) is 4.38. The Hall–Kier alpha value is -0.470. The molecule has 0 amide bonds. The first kappa shape index (κ1) is 15.4. The number of nitrogens with zero attached hydrogens (tertiary/aromatic N) is 2. The van der Waals surface area contributed by atoms with Gasteiger partial charge < -0.3 is 4.74 Å². The van der Waals surface area contributed by atoms with Gasteiger partial charge in [0.05, 0.1) is 18.8 Å². The Balaban J connectivity index is 1.86. The van der Waals surface area contributed by atoms with Crippen LogP contribution in [-0.4, -0.2) is 48.9 Å². The lowest BCUT2D eigenvalue weighted by molar-refractivity contribution is -0.0192. The first-order valence-corrected chi connectivity index (χ1v) is 9.71. The van der Waals surface area contributed by atoms with E-state index in [9.17, 15) is 8.42 Å². The quantitative estimate of drug-likeness (QED) is 0.854. The van der Waals surface area contributed by atoms with Crippen LogP contribution in [0.2, 0.25) is 0 Å². The van der Waals surface area contributed by atoms with Crippen LogP contribution in [0.15, 0.2) is 17.5 Å². The average molecular weight is 330 g/mol. The highest BCUT2D eigenvalue weighted by atomic mass is 32.2. The molecule has 3 atom stereocenters. The fraction of sp³-hybridized carbons (Fsp3) is 0.714. The zero-order valence-electron chi connectivity index (χ0n) is 12.4. The van der Waals surface area contributed by atoms with Crippen molar-refractivity contribution >= 4 is 21.5 Å². The predicted molar refractivity (Wildman–Crippen MR) is 83.5 cm³/mol. The van der Waals surface area contributed by atoms with Gasteiger partial charge in [-0.2, -0.15) is 17.0 Å². The Bertz CT molecular complexity index is 573. The van der Waals surface area contributed by atoms with E-state index in [1.165, 1.54) is 0 Å². The van der Waals surface area contributed by atoms with Crippen molar-refractivity contribution in [3.63, 3.8) is 0 Å². The highest BCUT2D eigenvalue weighted by Crippen LogP contribution is 2.38. The van der Waals surface area contributed by atoms with Crippen molar-refractivity contribution in [2.75, 3.05) is 19.7 Å². The van der Waals surface area contributed by atoms with E-state index in [2.05, 4.69) is 0 Å². The number of rotatable bonds is 3. The van der Waals surface area contributed by atoms with E-state index in [0.717, 1.165) is 17.7 Å². The molecule has 2 aliphatic rings. The Morgan fingerprint density at radius 1 is 1.33 bits per heavy atom. The van der Waals surface area contributed by atoms with E-state index < -0.39 is 10.2 Å². The van der Waals surface area contributed by atoms with Gasteiger partial charge in [0.2, 0.25) is 0 Å². The molecule has 0 unspecified atom stereocenters. The van der Waals surface area contributed by atoms with Gasteiger partial charge in [0.25, 0.3) is 10.2 Å². The number of hydrogen-bond donors (Lipinski definition) is 0. The molecule has 0 radical (unpaired) electrons. The third-order valence-corrected chi connectivity index (χ3v) is 7.32. The van der Waals surface area contributed by atoms with E-state index in [4.69, 9.17) is 4.74 Å². The van der Waals surface area contributed by atoms with Crippen molar-refractivity contribution in [1.29, 1.82) is 0 Å². The van der Waals surface area contributed by atoms with Gasteiger partial charge in [0.15, 0.2) is 0 Å². The van der Waals surface area contributed by atoms with E-state index in [1.807, 2.05) is 31.4 Å². The maximum absolute atomic E-state index is 13.1. The minimum atomic E-state index is -3.43. The van der Waals surface area contributed by atoms with Crippen LogP contribution in [0.1, 0.15) is 37.6 Å². The fourth-order valence-corrected chi connectivity index (χ4v) is 6.13. The molecule has 0 spiro atoms.